The monoisotopic (exact) mass is 442 g/mol. The number of carboxylic acid groups (broad SMARTS) is 1. The largest absolute Gasteiger partial charge is 0.479 e. The molecule has 1 aliphatic carbocycles. The number of hydrogen-bond donors (Lipinski definition) is 4. The number of alkyl carbamates (subject to hydrolysis) is 1. The number of aliphatic hydroxyl groups excluding tert-OH is 1. The lowest BCUT2D eigenvalue weighted by atomic mass is 9.98. The Morgan fingerprint density at radius 2 is 1.59 bits per heavy atom. The summed E-state index contributed by atoms with van der Waals surface area (Å²) >= 11 is 0. The third-order valence-electron chi connectivity index (χ3n) is 5.35. The topological polar surface area (TPSA) is 134 Å². The van der Waals surface area contributed by atoms with E-state index in [1.165, 1.54) is 7.11 Å². The molecule has 0 spiro atoms. The van der Waals surface area contributed by atoms with Gasteiger partial charge in [-0.05, 0) is 22.3 Å². The van der Waals surface area contributed by atoms with E-state index in [1.54, 1.807) is 0 Å². The molecule has 2 aromatic rings. The summed E-state index contributed by atoms with van der Waals surface area (Å²) in [7, 11) is 1.32. The second-order valence-corrected chi connectivity index (χ2v) is 7.36. The predicted molar refractivity (Wildman–Crippen MR) is 115 cm³/mol. The molecule has 2 aromatic carbocycles. The Morgan fingerprint density at radius 3 is 2.16 bits per heavy atom. The van der Waals surface area contributed by atoms with Crippen LogP contribution in [0.5, 0.6) is 0 Å². The zero-order chi connectivity index (χ0) is 23.1. The van der Waals surface area contributed by atoms with Gasteiger partial charge in [-0.15, -0.1) is 0 Å². The average molecular weight is 442 g/mol. The summed E-state index contributed by atoms with van der Waals surface area (Å²) in [5, 5.41) is 22.7. The fraction of sp³-hybridized carbons (Fsp3) is 0.348. The van der Waals surface area contributed by atoms with E-state index in [2.05, 4.69) is 22.8 Å². The van der Waals surface area contributed by atoms with Crippen molar-refractivity contribution in [2.45, 2.75) is 24.5 Å². The maximum absolute atomic E-state index is 12.2. The van der Waals surface area contributed by atoms with E-state index in [1.807, 2.05) is 36.4 Å². The van der Waals surface area contributed by atoms with Crippen molar-refractivity contribution in [1.82, 2.24) is 10.6 Å². The highest BCUT2D eigenvalue weighted by Crippen LogP contribution is 2.44. The van der Waals surface area contributed by atoms with Crippen molar-refractivity contribution in [2.75, 3.05) is 26.8 Å². The summed E-state index contributed by atoms with van der Waals surface area (Å²) in [5.41, 5.74) is 4.50. The molecule has 0 radical (unpaired) electrons. The molecular formula is C23H26N2O7. The lowest BCUT2D eigenvalue weighted by Gasteiger charge is -2.17. The normalized spacial score (nSPS) is 14.1. The number of nitrogens with one attached hydrogen (secondary N) is 2. The van der Waals surface area contributed by atoms with Crippen molar-refractivity contribution >= 4 is 18.0 Å². The number of rotatable bonds is 10. The fourth-order valence-electron chi connectivity index (χ4n) is 3.71. The average Bonchev–Trinajstić information content (AvgIpc) is 3.12. The Balaban J connectivity index is 1.46. The number of carboxylic acids is 1. The summed E-state index contributed by atoms with van der Waals surface area (Å²) < 4.78 is 10.5. The van der Waals surface area contributed by atoms with E-state index in [4.69, 9.17) is 14.6 Å². The number of methoxy groups -OCH3 is 1. The molecule has 4 N–H and O–H groups in total. The predicted octanol–water partition coefficient (Wildman–Crippen LogP) is 1.49. The number of aliphatic hydroxyl groups is 1. The van der Waals surface area contributed by atoms with Gasteiger partial charge in [0.1, 0.15) is 12.7 Å². The molecule has 170 valence electrons. The van der Waals surface area contributed by atoms with Gasteiger partial charge in [-0.25, -0.2) is 9.59 Å². The molecular weight excluding hydrogens is 416 g/mol. The molecule has 2 atom stereocenters. The van der Waals surface area contributed by atoms with Gasteiger partial charge in [0.15, 0.2) is 6.10 Å². The number of carbonyl (C=O) groups is 3. The van der Waals surface area contributed by atoms with E-state index in [-0.39, 0.29) is 25.5 Å². The minimum atomic E-state index is -1.70. The number of ether oxygens (including phenoxy) is 2. The molecule has 0 aromatic heterocycles. The standard InChI is InChI=1S/C23H26N2O7/c1-31-20(21(27)25-12-19(26)22(28)29)10-11-24-23(30)32-13-18-16-8-4-2-6-14(16)15-7-3-5-9-17(15)18/h2-9,18-20,26H,10-13H2,1H3,(H,24,30)(H,25,27)(H,28,29)/t19-,20?/m0/s1. The molecule has 9 heteroatoms. The van der Waals surface area contributed by atoms with E-state index in [0.29, 0.717) is 0 Å². The number of hydrogen-bond acceptors (Lipinski definition) is 6. The Bertz CT molecular complexity index is 933. The first-order valence-corrected chi connectivity index (χ1v) is 10.2. The molecule has 32 heavy (non-hydrogen) atoms. The van der Waals surface area contributed by atoms with E-state index in [0.717, 1.165) is 22.3 Å². The second-order valence-electron chi connectivity index (χ2n) is 7.36. The van der Waals surface area contributed by atoms with E-state index in [9.17, 15) is 19.5 Å². The lowest BCUT2D eigenvalue weighted by Crippen LogP contribution is -2.43. The molecule has 1 aliphatic rings. The molecule has 0 saturated heterocycles. The van der Waals surface area contributed by atoms with Gasteiger partial charge < -0.3 is 30.3 Å². The van der Waals surface area contributed by atoms with Crippen LogP contribution < -0.4 is 10.6 Å². The minimum Gasteiger partial charge on any atom is -0.479 e. The molecule has 2 amide bonds. The highest BCUT2D eigenvalue weighted by Gasteiger charge is 2.29. The fourth-order valence-corrected chi connectivity index (χ4v) is 3.71. The van der Waals surface area contributed by atoms with Crippen LogP contribution >= 0.6 is 0 Å². The van der Waals surface area contributed by atoms with Crippen LogP contribution in [0.15, 0.2) is 48.5 Å². The zero-order valence-electron chi connectivity index (χ0n) is 17.6. The van der Waals surface area contributed by atoms with Gasteiger partial charge in [0.05, 0.1) is 6.54 Å². The van der Waals surface area contributed by atoms with Crippen LogP contribution in [0.4, 0.5) is 4.79 Å². The first kappa shape index (κ1) is 23.2. The Kier molecular flexibility index (Phi) is 7.80. The molecule has 0 saturated carbocycles. The Labute approximate surface area is 185 Å². The zero-order valence-corrected chi connectivity index (χ0v) is 17.6. The van der Waals surface area contributed by atoms with Crippen LogP contribution in [0.3, 0.4) is 0 Å². The molecule has 0 fully saturated rings. The third kappa shape index (κ3) is 5.43. The van der Waals surface area contributed by atoms with Gasteiger partial charge in [0.25, 0.3) is 0 Å². The molecule has 3 rings (SSSR count). The molecule has 0 bridgehead atoms. The van der Waals surface area contributed by atoms with Gasteiger partial charge >= 0.3 is 12.1 Å². The van der Waals surface area contributed by atoms with Crippen molar-refractivity contribution in [1.29, 1.82) is 0 Å². The van der Waals surface area contributed by atoms with E-state index >= 15 is 0 Å². The summed E-state index contributed by atoms with van der Waals surface area (Å²) in [6.45, 7) is -0.140. The third-order valence-corrected chi connectivity index (χ3v) is 5.35. The quantitative estimate of drug-likeness (QED) is 0.438. The van der Waals surface area contributed by atoms with Crippen molar-refractivity contribution in [3.05, 3.63) is 59.7 Å². The number of benzene rings is 2. The second kappa shape index (κ2) is 10.7. The Hall–Kier alpha value is -3.43. The highest BCUT2D eigenvalue weighted by atomic mass is 16.5. The first-order chi connectivity index (χ1) is 15.4. The van der Waals surface area contributed by atoms with Crippen LogP contribution in [-0.4, -0.2) is 67.2 Å². The summed E-state index contributed by atoms with van der Waals surface area (Å²) in [6.07, 6.45) is -3.07. The van der Waals surface area contributed by atoms with Gasteiger partial charge in [0, 0.05) is 26.0 Å². The van der Waals surface area contributed by atoms with Gasteiger partial charge in [0.2, 0.25) is 5.91 Å². The number of aliphatic carboxylic acids is 1. The van der Waals surface area contributed by atoms with Crippen molar-refractivity contribution in [2.24, 2.45) is 0 Å². The summed E-state index contributed by atoms with van der Waals surface area (Å²) in [5.74, 6) is -2.07. The van der Waals surface area contributed by atoms with Crippen LogP contribution in [0.25, 0.3) is 11.1 Å². The van der Waals surface area contributed by atoms with Gasteiger partial charge in [-0.1, -0.05) is 48.5 Å². The molecule has 0 heterocycles. The first-order valence-electron chi connectivity index (χ1n) is 10.2. The smallest absolute Gasteiger partial charge is 0.407 e. The number of fused-ring (bicyclic) bond motifs is 3. The van der Waals surface area contributed by atoms with Gasteiger partial charge in [-0.3, -0.25) is 4.79 Å². The van der Waals surface area contributed by atoms with Gasteiger partial charge in [-0.2, -0.15) is 0 Å². The highest BCUT2D eigenvalue weighted by molar-refractivity contribution is 5.82. The SMILES string of the molecule is COC(CCNC(=O)OCC1c2ccccc2-c2ccccc21)C(=O)NC[C@H](O)C(=O)O. The maximum atomic E-state index is 12.2. The molecule has 9 nitrogen and oxygen atoms in total. The van der Waals surface area contributed by atoms with Crippen molar-refractivity contribution in [3.63, 3.8) is 0 Å². The Morgan fingerprint density at radius 1 is 1.00 bits per heavy atom. The maximum Gasteiger partial charge on any atom is 0.407 e. The van der Waals surface area contributed by atoms with Crippen LogP contribution in [0.2, 0.25) is 0 Å². The summed E-state index contributed by atoms with van der Waals surface area (Å²) in [6, 6.07) is 16.1. The number of carbonyl (C=O) groups excluding carboxylic acids is 2. The van der Waals surface area contributed by atoms with Crippen molar-refractivity contribution in [3.8, 4) is 11.1 Å². The van der Waals surface area contributed by atoms with Crippen LogP contribution in [0, 0.1) is 0 Å². The van der Waals surface area contributed by atoms with E-state index < -0.39 is 36.7 Å². The molecule has 1 unspecified atom stereocenters. The molecule has 0 aliphatic heterocycles. The summed E-state index contributed by atoms with van der Waals surface area (Å²) in [4.78, 5) is 34.8. The number of amides is 2. The van der Waals surface area contributed by atoms with Crippen molar-refractivity contribution < 1.29 is 34.1 Å². The van der Waals surface area contributed by atoms with Crippen LogP contribution in [0.1, 0.15) is 23.5 Å². The lowest BCUT2D eigenvalue weighted by molar-refractivity contribution is -0.146. The minimum absolute atomic E-state index is 0.0497. The van der Waals surface area contributed by atoms with Crippen LogP contribution in [-0.2, 0) is 19.1 Å².